The maximum absolute atomic E-state index is 12.0. The largest absolute Gasteiger partial charge is 0.313 e. The maximum atomic E-state index is 12.0. The summed E-state index contributed by atoms with van der Waals surface area (Å²) in [6.45, 7) is 7.60. The van der Waals surface area contributed by atoms with Crippen LogP contribution in [0.5, 0.6) is 0 Å². The van der Waals surface area contributed by atoms with Gasteiger partial charge >= 0.3 is 0 Å². The van der Waals surface area contributed by atoms with Crippen molar-refractivity contribution in [3.63, 3.8) is 0 Å². The van der Waals surface area contributed by atoms with Crippen molar-refractivity contribution in [2.45, 2.75) is 50.7 Å². The Morgan fingerprint density at radius 2 is 2.21 bits per heavy atom. The summed E-state index contributed by atoms with van der Waals surface area (Å²) in [5.41, 5.74) is 0. The third-order valence-electron chi connectivity index (χ3n) is 3.23. The minimum absolute atomic E-state index is 0.0935. The molecule has 6 nitrogen and oxygen atoms in total. The maximum Gasteiger partial charge on any atom is 0.243 e. The van der Waals surface area contributed by atoms with E-state index >= 15 is 0 Å². The van der Waals surface area contributed by atoms with Gasteiger partial charge in [0, 0.05) is 24.8 Å². The van der Waals surface area contributed by atoms with Crippen LogP contribution in [-0.2, 0) is 16.6 Å². The summed E-state index contributed by atoms with van der Waals surface area (Å²) in [4.78, 5) is 0.246. The normalized spacial score (nSPS) is 22.9. The van der Waals surface area contributed by atoms with E-state index in [4.69, 9.17) is 0 Å². The summed E-state index contributed by atoms with van der Waals surface area (Å²) in [6, 6.07) is 0.507. The second-order valence-electron chi connectivity index (χ2n) is 5.49. The van der Waals surface area contributed by atoms with E-state index in [2.05, 4.69) is 29.0 Å². The molecule has 2 rings (SSSR count). The van der Waals surface area contributed by atoms with Gasteiger partial charge in [0.15, 0.2) is 0 Å². The highest BCUT2D eigenvalue weighted by Crippen LogP contribution is 2.30. The van der Waals surface area contributed by atoms with E-state index in [9.17, 15) is 8.42 Å². The average molecular weight is 286 g/mol. The molecule has 2 atom stereocenters. The van der Waals surface area contributed by atoms with Gasteiger partial charge in [0.2, 0.25) is 10.0 Å². The van der Waals surface area contributed by atoms with Crippen LogP contribution in [0.2, 0.25) is 0 Å². The summed E-state index contributed by atoms with van der Waals surface area (Å²) < 4.78 is 28.4. The van der Waals surface area contributed by atoms with Gasteiger partial charge in [-0.05, 0) is 12.3 Å². The smallest absolute Gasteiger partial charge is 0.243 e. The van der Waals surface area contributed by atoms with Crippen molar-refractivity contribution in [1.29, 1.82) is 0 Å². The Hall–Kier alpha value is -0.920. The molecule has 1 aliphatic rings. The van der Waals surface area contributed by atoms with Crippen LogP contribution in [0.4, 0.5) is 0 Å². The van der Waals surface area contributed by atoms with Gasteiger partial charge in [-0.2, -0.15) is 5.10 Å². The molecule has 1 saturated carbocycles. The molecule has 2 unspecified atom stereocenters. The van der Waals surface area contributed by atoms with Gasteiger partial charge in [-0.15, -0.1) is 0 Å². The molecule has 0 aromatic carbocycles. The molecule has 0 spiro atoms. The monoisotopic (exact) mass is 286 g/mol. The highest BCUT2D eigenvalue weighted by molar-refractivity contribution is 7.89. The van der Waals surface area contributed by atoms with Crippen LogP contribution in [0.15, 0.2) is 17.3 Å². The molecule has 19 heavy (non-hydrogen) atoms. The average Bonchev–Trinajstić information content (AvgIpc) is 2.79. The second-order valence-corrected chi connectivity index (χ2v) is 7.20. The zero-order valence-corrected chi connectivity index (χ0v) is 12.4. The first kappa shape index (κ1) is 14.5. The van der Waals surface area contributed by atoms with E-state index in [1.807, 2.05) is 6.92 Å². The molecule has 1 heterocycles. The van der Waals surface area contributed by atoms with Crippen LogP contribution in [-0.4, -0.2) is 36.8 Å². The summed E-state index contributed by atoms with van der Waals surface area (Å²) >= 11 is 0. The predicted molar refractivity (Wildman–Crippen MR) is 73.3 cm³/mol. The summed E-state index contributed by atoms with van der Waals surface area (Å²) in [6.07, 6.45) is 3.91. The third-order valence-corrected chi connectivity index (χ3v) is 4.67. The highest BCUT2D eigenvalue weighted by Gasteiger charge is 2.36. The summed E-state index contributed by atoms with van der Waals surface area (Å²) in [7, 11) is -3.40. The lowest BCUT2D eigenvalue weighted by Gasteiger charge is -2.07. The third kappa shape index (κ3) is 4.02. The summed E-state index contributed by atoms with van der Waals surface area (Å²) in [5, 5.41) is 7.35. The first-order valence-corrected chi connectivity index (χ1v) is 8.15. The number of rotatable bonds is 7. The molecular weight excluding hydrogens is 264 g/mol. The van der Waals surface area contributed by atoms with Crippen molar-refractivity contribution in [2.24, 2.45) is 5.92 Å². The molecule has 7 heteroatoms. The molecular formula is C12H22N4O2S. The topological polar surface area (TPSA) is 76.0 Å². The van der Waals surface area contributed by atoms with E-state index in [-0.39, 0.29) is 10.9 Å². The van der Waals surface area contributed by atoms with E-state index < -0.39 is 10.0 Å². The van der Waals surface area contributed by atoms with Crippen molar-refractivity contribution < 1.29 is 8.42 Å². The molecule has 0 radical (unpaired) electrons. The number of sulfonamides is 1. The van der Waals surface area contributed by atoms with E-state index in [1.165, 1.54) is 6.20 Å². The molecule has 2 N–H and O–H groups in total. The molecule has 1 fully saturated rings. The Balaban J connectivity index is 1.92. The van der Waals surface area contributed by atoms with Crippen molar-refractivity contribution in [3.05, 3.63) is 12.4 Å². The van der Waals surface area contributed by atoms with E-state index in [0.29, 0.717) is 18.5 Å². The fourth-order valence-corrected chi connectivity index (χ4v) is 3.14. The fourth-order valence-electron chi connectivity index (χ4n) is 1.83. The standard InChI is InChI=1S/C12H22N4O2S/c1-9(2)13-4-5-16-8-11(7-14-16)19(17,18)15-12-6-10(12)3/h7-10,12-13,15H,4-6H2,1-3H3. The lowest BCUT2D eigenvalue weighted by atomic mass is 10.4. The molecule has 0 saturated heterocycles. The van der Waals surface area contributed by atoms with Crippen LogP contribution >= 0.6 is 0 Å². The Morgan fingerprint density at radius 1 is 1.53 bits per heavy atom. The number of aromatic nitrogens is 2. The van der Waals surface area contributed by atoms with Crippen molar-refractivity contribution in [3.8, 4) is 0 Å². The van der Waals surface area contributed by atoms with Crippen LogP contribution in [0.1, 0.15) is 27.2 Å². The number of nitrogens with one attached hydrogen (secondary N) is 2. The van der Waals surface area contributed by atoms with Crippen LogP contribution in [0, 0.1) is 5.92 Å². The minimum atomic E-state index is -3.40. The van der Waals surface area contributed by atoms with Gasteiger partial charge in [-0.1, -0.05) is 20.8 Å². The fraction of sp³-hybridized carbons (Fsp3) is 0.750. The van der Waals surface area contributed by atoms with Gasteiger partial charge < -0.3 is 5.32 Å². The molecule has 108 valence electrons. The Morgan fingerprint density at radius 3 is 2.79 bits per heavy atom. The van der Waals surface area contributed by atoms with Crippen molar-refractivity contribution in [1.82, 2.24) is 19.8 Å². The van der Waals surface area contributed by atoms with Gasteiger partial charge in [-0.3, -0.25) is 4.68 Å². The highest BCUT2D eigenvalue weighted by atomic mass is 32.2. The van der Waals surface area contributed by atoms with Gasteiger partial charge in [0.05, 0.1) is 12.7 Å². The molecule has 1 aromatic rings. The second kappa shape index (κ2) is 5.60. The van der Waals surface area contributed by atoms with Crippen molar-refractivity contribution >= 4 is 10.0 Å². The SMILES string of the molecule is CC(C)NCCn1cc(S(=O)(=O)NC2CC2C)cn1. The molecule has 0 aliphatic heterocycles. The lowest BCUT2D eigenvalue weighted by molar-refractivity contribution is 0.514. The Kier molecular flexibility index (Phi) is 4.27. The quantitative estimate of drug-likeness (QED) is 0.768. The minimum Gasteiger partial charge on any atom is -0.313 e. The zero-order valence-electron chi connectivity index (χ0n) is 11.6. The van der Waals surface area contributed by atoms with Crippen LogP contribution < -0.4 is 10.0 Å². The number of nitrogens with zero attached hydrogens (tertiary/aromatic N) is 2. The predicted octanol–water partition coefficient (Wildman–Crippen LogP) is 0.568. The lowest BCUT2D eigenvalue weighted by Crippen LogP contribution is -2.27. The first-order valence-electron chi connectivity index (χ1n) is 6.66. The van der Waals surface area contributed by atoms with Crippen LogP contribution in [0.25, 0.3) is 0 Å². The Labute approximate surface area is 114 Å². The number of hydrogen-bond acceptors (Lipinski definition) is 4. The molecule has 0 amide bonds. The van der Waals surface area contributed by atoms with E-state index in [1.54, 1.807) is 10.9 Å². The molecule has 1 aromatic heterocycles. The number of hydrogen-bond donors (Lipinski definition) is 2. The van der Waals surface area contributed by atoms with E-state index in [0.717, 1.165) is 13.0 Å². The first-order chi connectivity index (χ1) is 8.88. The van der Waals surface area contributed by atoms with Crippen molar-refractivity contribution in [2.75, 3.05) is 6.54 Å². The van der Waals surface area contributed by atoms with Gasteiger partial charge in [0.25, 0.3) is 0 Å². The molecule has 0 bridgehead atoms. The Bertz CT molecular complexity index is 524. The van der Waals surface area contributed by atoms with Gasteiger partial charge in [0.1, 0.15) is 4.90 Å². The summed E-state index contributed by atoms with van der Waals surface area (Å²) in [5.74, 6) is 0.445. The zero-order chi connectivity index (χ0) is 14.0. The van der Waals surface area contributed by atoms with Gasteiger partial charge in [-0.25, -0.2) is 13.1 Å². The molecule has 1 aliphatic carbocycles. The van der Waals surface area contributed by atoms with Crippen LogP contribution in [0.3, 0.4) is 0 Å².